The summed E-state index contributed by atoms with van der Waals surface area (Å²) in [6, 6.07) is 6.48. The topological polar surface area (TPSA) is 87.7 Å². The first-order valence-electron chi connectivity index (χ1n) is 13.8. The second-order valence-electron chi connectivity index (χ2n) is 11.5. The molecule has 1 aromatic rings. The predicted octanol–water partition coefficient (Wildman–Crippen LogP) is 5.51. The lowest BCUT2D eigenvalue weighted by Gasteiger charge is -2.44. The molecule has 0 bridgehead atoms. The SMILES string of the molecule is CSCCC(NC(=O)OC(C)(C)C)C(=O)N(C1CCC1)C(C(=O)NC1CCCCC1)c1cccc(C)c1. The molecule has 2 unspecified atom stereocenters. The highest BCUT2D eigenvalue weighted by Crippen LogP contribution is 2.34. The number of hydrogen-bond acceptors (Lipinski definition) is 5. The zero-order valence-corrected chi connectivity index (χ0v) is 24.0. The van der Waals surface area contributed by atoms with Crippen LogP contribution in [0.1, 0.15) is 95.7 Å². The number of rotatable bonds is 10. The van der Waals surface area contributed by atoms with Crippen LogP contribution in [0.25, 0.3) is 0 Å². The molecule has 0 aliphatic heterocycles. The van der Waals surface area contributed by atoms with Gasteiger partial charge in [0, 0.05) is 12.1 Å². The summed E-state index contributed by atoms with van der Waals surface area (Å²) in [6.07, 6.45) is 9.93. The number of alkyl carbamates (subject to hydrolysis) is 1. The van der Waals surface area contributed by atoms with Crippen molar-refractivity contribution in [3.05, 3.63) is 35.4 Å². The van der Waals surface area contributed by atoms with Gasteiger partial charge >= 0.3 is 6.09 Å². The first kappa shape index (κ1) is 29.3. The maximum absolute atomic E-state index is 14.2. The molecule has 0 aromatic heterocycles. The van der Waals surface area contributed by atoms with Crippen molar-refractivity contribution in [3.63, 3.8) is 0 Å². The number of hydrogen-bond donors (Lipinski definition) is 2. The highest BCUT2D eigenvalue weighted by Gasteiger charge is 2.42. The third kappa shape index (κ3) is 8.66. The lowest BCUT2D eigenvalue weighted by Crippen LogP contribution is -2.58. The van der Waals surface area contributed by atoms with Gasteiger partial charge in [0.15, 0.2) is 0 Å². The summed E-state index contributed by atoms with van der Waals surface area (Å²) in [7, 11) is 0. The molecule has 1 aromatic carbocycles. The quantitative estimate of drug-likeness (QED) is 0.416. The highest BCUT2D eigenvalue weighted by atomic mass is 32.2. The molecular formula is C29H45N3O4S. The summed E-state index contributed by atoms with van der Waals surface area (Å²) in [5, 5.41) is 6.11. The van der Waals surface area contributed by atoms with Crippen molar-refractivity contribution in [1.29, 1.82) is 0 Å². The summed E-state index contributed by atoms with van der Waals surface area (Å²) >= 11 is 1.62. The number of carbonyl (C=O) groups excluding carboxylic acids is 3. The molecule has 206 valence electrons. The van der Waals surface area contributed by atoms with Crippen molar-refractivity contribution in [2.75, 3.05) is 12.0 Å². The van der Waals surface area contributed by atoms with Crippen LogP contribution in [0.4, 0.5) is 4.79 Å². The Hall–Kier alpha value is -2.22. The number of aryl methyl sites for hydroxylation is 1. The maximum atomic E-state index is 14.2. The number of benzene rings is 1. The van der Waals surface area contributed by atoms with Gasteiger partial charge in [0.25, 0.3) is 0 Å². The average Bonchev–Trinajstić information content (AvgIpc) is 2.79. The third-order valence-corrected chi connectivity index (χ3v) is 7.80. The molecule has 8 heteroatoms. The van der Waals surface area contributed by atoms with E-state index in [0.29, 0.717) is 12.2 Å². The minimum absolute atomic E-state index is 0.0349. The molecule has 0 spiro atoms. The molecule has 37 heavy (non-hydrogen) atoms. The molecule has 0 radical (unpaired) electrons. The Kier molecular flexibility index (Phi) is 10.7. The number of nitrogens with zero attached hydrogens (tertiary/aromatic N) is 1. The van der Waals surface area contributed by atoms with Crippen molar-refractivity contribution in [3.8, 4) is 0 Å². The first-order valence-corrected chi connectivity index (χ1v) is 15.2. The van der Waals surface area contributed by atoms with Gasteiger partial charge in [-0.1, -0.05) is 49.1 Å². The van der Waals surface area contributed by atoms with Gasteiger partial charge in [0.1, 0.15) is 17.7 Å². The first-order chi connectivity index (χ1) is 17.6. The van der Waals surface area contributed by atoms with Crippen LogP contribution in [-0.2, 0) is 14.3 Å². The summed E-state index contributed by atoms with van der Waals surface area (Å²) in [6.45, 7) is 7.40. The molecule has 3 amide bonds. The van der Waals surface area contributed by atoms with Gasteiger partial charge in [0.05, 0.1) is 0 Å². The molecule has 2 saturated carbocycles. The highest BCUT2D eigenvalue weighted by molar-refractivity contribution is 7.98. The van der Waals surface area contributed by atoms with Crippen LogP contribution in [0.15, 0.2) is 24.3 Å². The Morgan fingerprint density at radius 1 is 1.08 bits per heavy atom. The van der Waals surface area contributed by atoms with Gasteiger partial charge in [-0.15, -0.1) is 0 Å². The summed E-state index contributed by atoms with van der Waals surface area (Å²) < 4.78 is 5.48. The van der Waals surface area contributed by atoms with Crippen LogP contribution in [0.2, 0.25) is 0 Å². The van der Waals surface area contributed by atoms with Crippen molar-refractivity contribution in [2.45, 2.75) is 115 Å². The standard InChI is InChI=1S/C29H45N3O4S/c1-20-11-9-12-21(19-20)25(26(33)30-22-13-7-6-8-14-22)32(23-15-10-16-23)27(34)24(17-18-37-5)31-28(35)36-29(2,3)4/h9,11-12,19,22-25H,6-8,10,13-18H2,1-5H3,(H,30,33)(H,31,35). The molecule has 3 rings (SSSR count). The van der Waals surface area contributed by atoms with Crippen LogP contribution < -0.4 is 10.6 Å². The molecule has 0 heterocycles. The van der Waals surface area contributed by atoms with Gasteiger partial charge in [-0.3, -0.25) is 9.59 Å². The van der Waals surface area contributed by atoms with Crippen LogP contribution in [0, 0.1) is 6.92 Å². The lowest BCUT2D eigenvalue weighted by atomic mass is 9.87. The number of carbonyl (C=O) groups is 3. The van der Waals surface area contributed by atoms with Crippen molar-refractivity contribution in [1.82, 2.24) is 15.5 Å². The number of amides is 3. The maximum Gasteiger partial charge on any atom is 0.408 e. The normalized spacial score (nSPS) is 18.3. The monoisotopic (exact) mass is 531 g/mol. The van der Waals surface area contributed by atoms with Gasteiger partial charge in [-0.05, 0) is 83.8 Å². The van der Waals surface area contributed by atoms with Crippen LogP contribution in [-0.4, -0.2) is 58.5 Å². The fraction of sp³-hybridized carbons (Fsp3) is 0.690. The lowest BCUT2D eigenvalue weighted by molar-refractivity contribution is -0.147. The van der Waals surface area contributed by atoms with E-state index in [2.05, 4.69) is 10.6 Å². The van der Waals surface area contributed by atoms with Crippen LogP contribution in [0.5, 0.6) is 0 Å². The van der Waals surface area contributed by atoms with Crippen LogP contribution in [0.3, 0.4) is 0 Å². The Morgan fingerprint density at radius 3 is 2.35 bits per heavy atom. The smallest absolute Gasteiger partial charge is 0.408 e. The molecule has 0 saturated heterocycles. The van der Waals surface area contributed by atoms with Crippen molar-refractivity contribution in [2.24, 2.45) is 0 Å². The van der Waals surface area contributed by atoms with Crippen molar-refractivity contribution >= 4 is 29.7 Å². The molecule has 7 nitrogen and oxygen atoms in total. The zero-order chi connectivity index (χ0) is 27.0. The van der Waals surface area contributed by atoms with E-state index in [1.165, 1.54) is 6.42 Å². The zero-order valence-electron chi connectivity index (χ0n) is 23.2. The third-order valence-electron chi connectivity index (χ3n) is 7.16. The number of thioether (sulfide) groups is 1. The van der Waals surface area contributed by atoms with E-state index in [0.717, 1.165) is 56.1 Å². The van der Waals surface area contributed by atoms with Gasteiger partial charge < -0.3 is 20.3 Å². The van der Waals surface area contributed by atoms with E-state index in [9.17, 15) is 14.4 Å². The Labute approximate surface area is 226 Å². The summed E-state index contributed by atoms with van der Waals surface area (Å²) in [5.74, 6) is 0.363. The molecular weight excluding hydrogens is 486 g/mol. The fourth-order valence-electron chi connectivity index (χ4n) is 5.11. The fourth-order valence-corrected chi connectivity index (χ4v) is 5.58. The minimum Gasteiger partial charge on any atom is -0.444 e. The van der Waals surface area contributed by atoms with Crippen LogP contribution >= 0.6 is 11.8 Å². The van der Waals surface area contributed by atoms with E-state index < -0.39 is 23.8 Å². The number of nitrogens with one attached hydrogen (secondary N) is 2. The van der Waals surface area contributed by atoms with Crippen molar-refractivity contribution < 1.29 is 19.1 Å². The van der Waals surface area contributed by atoms with E-state index in [1.54, 1.807) is 37.4 Å². The van der Waals surface area contributed by atoms with E-state index >= 15 is 0 Å². The van der Waals surface area contributed by atoms with E-state index in [1.807, 2.05) is 37.4 Å². The number of ether oxygens (including phenoxy) is 1. The molecule has 2 aliphatic rings. The Balaban J connectivity index is 1.94. The minimum atomic E-state index is -0.766. The average molecular weight is 532 g/mol. The second kappa shape index (κ2) is 13.5. The predicted molar refractivity (Wildman–Crippen MR) is 150 cm³/mol. The Bertz CT molecular complexity index is 922. The molecule has 2 aliphatic carbocycles. The van der Waals surface area contributed by atoms with Gasteiger partial charge in [-0.2, -0.15) is 11.8 Å². The van der Waals surface area contributed by atoms with Gasteiger partial charge in [0.2, 0.25) is 11.8 Å². The molecule has 2 N–H and O–H groups in total. The van der Waals surface area contributed by atoms with E-state index in [-0.39, 0.29) is 23.9 Å². The van der Waals surface area contributed by atoms with Gasteiger partial charge in [-0.25, -0.2) is 4.79 Å². The summed E-state index contributed by atoms with van der Waals surface area (Å²) in [4.78, 5) is 42.7. The van der Waals surface area contributed by atoms with E-state index in [4.69, 9.17) is 4.74 Å². The largest absolute Gasteiger partial charge is 0.444 e. The molecule has 2 atom stereocenters. The summed E-state index contributed by atoms with van der Waals surface area (Å²) in [5.41, 5.74) is 1.18. The molecule has 2 fully saturated rings. The Morgan fingerprint density at radius 2 is 1.78 bits per heavy atom. The second-order valence-corrected chi connectivity index (χ2v) is 12.5.